The first kappa shape index (κ1) is 16.7. The Labute approximate surface area is 128 Å². The van der Waals surface area contributed by atoms with Gasteiger partial charge in [-0.2, -0.15) is 0 Å². The van der Waals surface area contributed by atoms with Gasteiger partial charge in [0, 0.05) is 19.2 Å². The number of sulfonamides is 1. The summed E-state index contributed by atoms with van der Waals surface area (Å²) in [6.07, 6.45) is 0.0453. The number of nitrogens with one attached hydrogen (secondary N) is 1. The van der Waals surface area contributed by atoms with Gasteiger partial charge in [-0.3, -0.25) is 4.57 Å². The Morgan fingerprint density at radius 1 is 1.36 bits per heavy atom. The number of oxazole rings is 1. The van der Waals surface area contributed by atoms with Crippen LogP contribution < -0.4 is 10.5 Å². The van der Waals surface area contributed by atoms with Gasteiger partial charge in [0.2, 0.25) is 10.0 Å². The quantitative estimate of drug-likeness (QED) is 0.774. The Balaban J connectivity index is 2.21. The summed E-state index contributed by atoms with van der Waals surface area (Å²) in [5.41, 5.74) is 0.836. The molecule has 7 nitrogen and oxygen atoms in total. The number of benzene rings is 1. The molecule has 0 radical (unpaired) electrons. The maximum atomic E-state index is 12.2. The number of ether oxygens (including phenoxy) is 1. The molecule has 0 amide bonds. The molecule has 1 aromatic carbocycles. The van der Waals surface area contributed by atoms with Crippen molar-refractivity contribution >= 4 is 21.1 Å². The third-order valence-corrected chi connectivity index (χ3v) is 4.57. The molecule has 2 aromatic rings. The molecule has 122 valence electrons. The summed E-state index contributed by atoms with van der Waals surface area (Å²) in [5.74, 6) is -0.495. The van der Waals surface area contributed by atoms with Gasteiger partial charge in [-0.15, -0.1) is 0 Å². The second-order valence-corrected chi connectivity index (χ2v) is 6.83. The van der Waals surface area contributed by atoms with Gasteiger partial charge in [0.15, 0.2) is 5.58 Å². The molecule has 0 unspecified atom stereocenters. The van der Waals surface area contributed by atoms with Crippen molar-refractivity contribution < 1.29 is 17.6 Å². The fraction of sp³-hybridized carbons (Fsp3) is 0.500. The van der Waals surface area contributed by atoms with Crippen molar-refractivity contribution in [2.24, 2.45) is 0 Å². The molecule has 0 aliphatic rings. The molecule has 0 spiro atoms. The van der Waals surface area contributed by atoms with Crippen LogP contribution in [0.25, 0.3) is 11.1 Å². The molecule has 0 saturated carbocycles. The topological polar surface area (TPSA) is 90.5 Å². The highest BCUT2D eigenvalue weighted by Crippen LogP contribution is 2.18. The van der Waals surface area contributed by atoms with Crippen LogP contribution in [0.4, 0.5) is 0 Å². The zero-order valence-electron chi connectivity index (χ0n) is 12.8. The van der Waals surface area contributed by atoms with Crippen LogP contribution in [0, 0.1) is 0 Å². The molecule has 22 heavy (non-hydrogen) atoms. The standard InChI is InChI=1S/C14H20N2O5S/c1-4-16-12-6-5-11(9-13(12)21-14(16)17)22(18,19)15-7-8-20-10(2)3/h5-6,9-10,15H,4,7-8H2,1-3H3. The summed E-state index contributed by atoms with van der Waals surface area (Å²) in [4.78, 5) is 11.7. The number of hydrogen-bond acceptors (Lipinski definition) is 5. The maximum Gasteiger partial charge on any atom is 0.419 e. The molecule has 8 heteroatoms. The van der Waals surface area contributed by atoms with Gasteiger partial charge in [-0.05, 0) is 32.9 Å². The predicted molar refractivity (Wildman–Crippen MR) is 82.4 cm³/mol. The smallest absolute Gasteiger partial charge is 0.408 e. The maximum absolute atomic E-state index is 12.2. The van der Waals surface area contributed by atoms with Gasteiger partial charge < -0.3 is 9.15 Å². The van der Waals surface area contributed by atoms with Gasteiger partial charge in [0.25, 0.3) is 0 Å². The van der Waals surface area contributed by atoms with Crippen LogP contribution in [0.1, 0.15) is 20.8 Å². The van der Waals surface area contributed by atoms with Crippen LogP contribution in [-0.2, 0) is 21.3 Å². The third kappa shape index (κ3) is 3.57. The lowest BCUT2D eigenvalue weighted by molar-refractivity contribution is 0.0834. The largest absolute Gasteiger partial charge is 0.419 e. The van der Waals surface area contributed by atoms with Crippen molar-refractivity contribution in [2.45, 2.75) is 38.3 Å². The third-order valence-electron chi connectivity index (χ3n) is 3.11. The van der Waals surface area contributed by atoms with Crippen molar-refractivity contribution in [1.82, 2.24) is 9.29 Å². The molecular formula is C14H20N2O5S. The van der Waals surface area contributed by atoms with E-state index >= 15 is 0 Å². The van der Waals surface area contributed by atoms with E-state index < -0.39 is 15.8 Å². The average Bonchev–Trinajstić information content (AvgIpc) is 2.77. The molecular weight excluding hydrogens is 308 g/mol. The monoisotopic (exact) mass is 328 g/mol. The fourth-order valence-electron chi connectivity index (χ4n) is 2.07. The van der Waals surface area contributed by atoms with E-state index in [0.717, 1.165) is 0 Å². The molecule has 0 fully saturated rings. The number of rotatable bonds is 7. The zero-order valence-corrected chi connectivity index (χ0v) is 13.6. The summed E-state index contributed by atoms with van der Waals surface area (Å²) >= 11 is 0. The molecule has 2 rings (SSSR count). The SMILES string of the molecule is CCn1c(=O)oc2cc(S(=O)(=O)NCCOC(C)C)ccc21. The molecule has 0 saturated heterocycles. The highest BCUT2D eigenvalue weighted by molar-refractivity contribution is 7.89. The molecule has 0 atom stereocenters. The van der Waals surface area contributed by atoms with Crippen LogP contribution >= 0.6 is 0 Å². The lowest BCUT2D eigenvalue weighted by atomic mass is 10.3. The van der Waals surface area contributed by atoms with Crippen LogP contribution in [0.15, 0.2) is 32.3 Å². The highest BCUT2D eigenvalue weighted by Gasteiger charge is 2.17. The second-order valence-electron chi connectivity index (χ2n) is 5.06. The lowest BCUT2D eigenvalue weighted by Gasteiger charge is -2.09. The Morgan fingerprint density at radius 3 is 2.73 bits per heavy atom. The minimum Gasteiger partial charge on any atom is -0.408 e. The molecule has 1 aromatic heterocycles. The summed E-state index contributed by atoms with van der Waals surface area (Å²) in [6.45, 7) is 6.50. The first-order valence-electron chi connectivity index (χ1n) is 7.10. The van der Waals surface area contributed by atoms with Crippen molar-refractivity contribution in [1.29, 1.82) is 0 Å². The first-order valence-corrected chi connectivity index (χ1v) is 8.58. The number of nitrogens with zero attached hydrogens (tertiary/aromatic N) is 1. The van der Waals surface area contributed by atoms with Crippen LogP contribution in [0.2, 0.25) is 0 Å². The van der Waals surface area contributed by atoms with E-state index in [1.807, 2.05) is 20.8 Å². The second kappa shape index (κ2) is 6.64. The minimum atomic E-state index is -3.66. The van der Waals surface area contributed by atoms with Crippen molar-refractivity contribution in [3.05, 3.63) is 28.7 Å². The van der Waals surface area contributed by atoms with E-state index in [9.17, 15) is 13.2 Å². The van der Waals surface area contributed by atoms with Crippen LogP contribution in [0.5, 0.6) is 0 Å². The first-order chi connectivity index (χ1) is 10.3. The van der Waals surface area contributed by atoms with Crippen LogP contribution in [-0.4, -0.2) is 32.2 Å². The highest BCUT2D eigenvalue weighted by atomic mass is 32.2. The summed E-state index contributed by atoms with van der Waals surface area (Å²) < 4.78 is 38.6. The van der Waals surface area contributed by atoms with Gasteiger partial charge in [0.05, 0.1) is 23.1 Å². The minimum absolute atomic E-state index is 0.0453. The van der Waals surface area contributed by atoms with Crippen molar-refractivity contribution in [3.63, 3.8) is 0 Å². The lowest BCUT2D eigenvalue weighted by Crippen LogP contribution is -2.28. The fourth-order valence-corrected chi connectivity index (χ4v) is 3.10. The van der Waals surface area contributed by atoms with E-state index in [4.69, 9.17) is 9.15 Å². The number of aryl methyl sites for hydroxylation is 1. The van der Waals surface area contributed by atoms with Gasteiger partial charge in [-0.25, -0.2) is 17.9 Å². The summed E-state index contributed by atoms with van der Waals surface area (Å²) in [5, 5.41) is 0. The van der Waals surface area contributed by atoms with E-state index in [2.05, 4.69) is 4.72 Å². The molecule has 1 N–H and O–H groups in total. The molecule has 0 bridgehead atoms. The van der Waals surface area contributed by atoms with E-state index in [0.29, 0.717) is 18.7 Å². The Morgan fingerprint density at radius 2 is 2.09 bits per heavy atom. The molecule has 0 aliphatic carbocycles. The van der Waals surface area contributed by atoms with Crippen LogP contribution in [0.3, 0.4) is 0 Å². The summed E-state index contributed by atoms with van der Waals surface area (Å²) in [7, 11) is -3.66. The van der Waals surface area contributed by atoms with Crippen molar-refractivity contribution in [3.8, 4) is 0 Å². The molecule has 0 aliphatic heterocycles. The molecule has 1 heterocycles. The summed E-state index contributed by atoms with van der Waals surface area (Å²) in [6, 6.07) is 4.38. The van der Waals surface area contributed by atoms with E-state index in [1.54, 1.807) is 6.07 Å². The number of aromatic nitrogens is 1. The van der Waals surface area contributed by atoms with Gasteiger partial charge in [0.1, 0.15) is 0 Å². The number of hydrogen-bond donors (Lipinski definition) is 1. The Bertz CT molecular complexity index is 804. The Kier molecular flexibility index (Phi) is 5.05. The normalized spacial score (nSPS) is 12.4. The predicted octanol–water partition coefficient (Wildman–Crippen LogP) is 1.32. The van der Waals surface area contributed by atoms with Gasteiger partial charge in [-0.1, -0.05) is 0 Å². The van der Waals surface area contributed by atoms with Crippen molar-refractivity contribution in [2.75, 3.05) is 13.2 Å². The van der Waals surface area contributed by atoms with Gasteiger partial charge >= 0.3 is 5.76 Å². The Hall–Kier alpha value is -1.64. The average molecular weight is 328 g/mol. The van der Waals surface area contributed by atoms with E-state index in [1.165, 1.54) is 16.7 Å². The van der Waals surface area contributed by atoms with E-state index in [-0.39, 0.29) is 23.1 Å². The number of fused-ring (bicyclic) bond motifs is 1. The zero-order chi connectivity index (χ0) is 16.3.